The van der Waals surface area contributed by atoms with Gasteiger partial charge >= 0.3 is 5.97 Å². The Morgan fingerprint density at radius 3 is 2.09 bits per heavy atom. The van der Waals surface area contributed by atoms with Crippen LogP contribution in [0.5, 0.6) is 0 Å². The molecule has 0 N–H and O–H groups in total. The number of benzene rings is 1. The Labute approximate surface area is 200 Å². The van der Waals surface area contributed by atoms with E-state index in [2.05, 4.69) is 90.8 Å². The van der Waals surface area contributed by atoms with E-state index < -0.39 is 0 Å². The summed E-state index contributed by atoms with van der Waals surface area (Å²) in [7, 11) is 1.37. The van der Waals surface area contributed by atoms with E-state index in [0.717, 1.165) is 39.7 Å². The predicted octanol–water partition coefficient (Wildman–Crippen LogP) is 5.69. The first-order valence-corrected chi connectivity index (χ1v) is 11.4. The molecule has 0 bridgehead atoms. The van der Waals surface area contributed by atoms with Crippen molar-refractivity contribution in [3.8, 4) is 17.1 Å². The molecule has 3 heterocycles. The minimum atomic E-state index is -0.385. The number of pyridine rings is 1. The lowest BCUT2D eigenvalue weighted by Crippen LogP contribution is -2.31. The van der Waals surface area contributed by atoms with Gasteiger partial charge in [-0.3, -0.25) is 4.98 Å². The third-order valence-corrected chi connectivity index (χ3v) is 6.80. The van der Waals surface area contributed by atoms with Crippen LogP contribution in [0, 0.1) is 19.8 Å². The summed E-state index contributed by atoms with van der Waals surface area (Å²) in [5.41, 5.74) is 6.26. The van der Waals surface area contributed by atoms with E-state index in [1.54, 1.807) is 12.3 Å². The Hall–Kier alpha value is -3.80. The minimum absolute atomic E-state index is 0.280. The van der Waals surface area contributed by atoms with E-state index in [4.69, 9.17) is 4.74 Å². The zero-order chi connectivity index (χ0) is 24.5. The highest BCUT2D eigenvalue weighted by Crippen LogP contribution is 2.38. The summed E-state index contributed by atoms with van der Waals surface area (Å²) in [4.78, 5) is 16.4. The number of aryl methyl sites for hydroxylation is 2. The van der Waals surface area contributed by atoms with Gasteiger partial charge in [0.2, 0.25) is 0 Å². The molecule has 0 radical (unpaired) electrons. The second-order valence-corrected chi connectivity index (χ2v) is 9.09. The van der Waals surface area contributed by atoms with Crippen LogP contribution in [-0.2, 0) is 10.2 Å². The third-order valence-electron chi connectivity index (χ3n) is 6.80. The number of carbonyl (C=O) groups excluding carboxylic acids is 1. The van der Waals surface area contributed by atoms with Crippen molar-refractivity contribution in [1.29, 1.82) is 0 Å². The smallest absolute Gasteiger partial charge is 0.339 e. The molecular formula is C28H30N4O2. The number of esters is 1. The number of hydrogen-bond donors (Lipinski definition) is 0. The Balaban J connectivity index is 1.63. The first-order chi connectivity index (χ1) is 16.3. The van der Waals surface area contributed by atoms with Gasteiger partial charge in [0.25, 0.3) is 0 Å². The van der Waals surface area contributed by atoms with Gasteiger partial charge < -0.3 is 9.30 Å². The second kappa shape index (κ2) is 9.21. The zero-order valence-electron chi connectivity index (χ0n) is 20.5. The minimum Gasteiger partial charge on any atom is -0.465 e. The molecule has 0 fully saturated rings. The number of aromatic nitrogens is 4. The number of ether oxygens (including phenoxy) is 1. The summed E-state index contributed by atoms with van der Waals surface area (Å²) in [6, 6.07) is 20.3. The maximum Gasteiger partial charge on any atom is 0.339 e. The highest BCUT2D eigenvalue weighted by molar-refractivity contribution is 5.88. The largest absolute Gasteiger partial charge is 0.465 e. The van der Waals surface area contributed by atoms with Crippen LogP contribution in [0.3, 0.4) is 0 Å². The van der Waals surface area contributed by atoms with Crippen molar-refractivity contribution in [3.63, 3.8) is 0 Å². The molecule has 3 aromatic heterocycles. The number of rotatable bonds is 6. The quantitative estimate of drug-likeness (QED) is 0.350. The van der Waals surface area contributed by atoms with Crippen molar-refractivity contribution in [2.75, 3.05) is 7.11 Å². The van der Waals surface area contributed by atoms with Crippen LogP contribution in [0.4, 0.5) is 0 Å². The molecule has 0 spiro atoms. The van der Waals surface area contributed by atoms with E-state index >= 15 is 0 Å². The van der Waals surface area contributed by atoms with Gasteiger partial charge in [-0.1, -0.05) is 38.1 Å². The molecule has 34 heavy (non-hydrogen) atoms. The predicted molar refractivity (Wildman–Crippen MR) is 133 cm³/mol. The Kier molecular flexibility index (Phi) is 6.33. The fourth-order valence-corrected chi connectivity index (χ4v) is 4.33. The van der Waals surface area contributed by atoms with Gasteiger partial charge in [-0.25, -0.2) is 4.79 Å². The average Bonchev–Trinajstić information content (AvgIpc) is 3.20. The van der Waals surface area contributed by atoms with Crippen LogP contribution in [-0.4, -0.2) is 32.8 Å². The van der Waals surface area contributed by atoms with Gasteiger partial charge in [0.1, 0.15) is 0 Å². The highest BCUT2D eigenvalue weighted by Gasteiger charge is 2.34. The van der Waals surface area contributed by atoms with Gasteiger partial charge in [0.15, 0.2) is 5.82 Å². The topological polar surface area (TPSA) is 69.9 Å². The van der Waals surface area contributed by atoms with Crippen LogP contribution in [0.25, 0.3) is 17.1 Å². The molecule has 4 aromatic rings. The fraction of sp³-hybridized carbons (Fsp3) is 0.286. The number of methoxy groups -OCH3 is 1. The Bertz CT molecular complexity index is 1270. The molecule has 6 heteroatoms. The molecule has 0 amide bonds. The molecule has 0 saturated heterocycles. The van der Waals surface area contributed by atoms with Crippen LogP contribution < -0.4 is 0 Å². The molecule has 1 atom stereocenters. The Morgan fingerprint density at radius 1 is 0.912 bits per heavy atom. The van der Waals surface area contributed by atoms with Gasteiger partial charge in [0.05, 0.1) is 24.1 Å². The summed E-state index contributed by atoms with van der Waals surface area (Å²) in [5.74, 6) is 0.708. The van der Waals surface area contributed by atoms with Gasteiger partial charge in [-0.15, -0.1) is 10.2 Å². The molecule has 4 rings (SSSR count). The maximum atomic E-state index is 11.8. The summed E-state index contributed by atoms with van der Waals surface area (Å²) >= 11 is 0. The van der Waals surface area contributed by atoms with Gasteiger partial charge in [-0.2, -0.15) is 0 Å². The van der Waals surface area contributed by atoms with Crippen LogP contribution in [0.2, 0.25) is 0 Å². The molecule has 1 unspecified atom stereocenters. The maximum absolute atomic E-state index is 11.8. The van der Waals surface area contributed by atoms with Crippen molar-refractivity contribution in [3.05, 3.63) is 95.1 Å². The second-order valence-electron chi connectivity index (χ2n) is 9.09. The average molecular weight is 455 g/mol. The third kappa shape index (κ3) is 4.12. The standard InChI is InChI=1S/C28H30N4O2/c1-18(2)28(5,25-15-11-22(17-29-25)27(33)34-6)23-12-9-21(10-13-23)24-14-16-26(31-30-24)32-19(3)7-8-20(32)4/h7-18H,1-6H3. The van der Waals surface area contributed by atoms with Crippen molar-refractivity contribution in [1.82, 2.24) is 19.7 Å². The first-order valence-electron chi connectivity index (χ1n) is 11.4. The number of carbonyl (C=O) groups is 1. The number of hydrogen-bond acceptors (Lipinski definition) is 5. The molecule has 0 saturated carbocycles. The summed E-state index contributed by atoms with van der Waals surface area (Å²) in [5, 5.41) is 8.94. The lowest BCUT2D eigenvalue weighted by Gasteiger charge is -2.34. The molecular weight excluding hydrogens is 424 g/mol. The van der Waals surface area contributed by atoms with E-state index in [9.17, 15) is 4.79 Å². The Morgan fingerprint density at radius 2 is 1.59 bits per heavy atom. The van der Waals surface area contributed by atoms with Crippen LogP contribution in [0.1, 0.15) is 53.8 Å². The highest BCUT2D eigenvalue weighted by atomic mass is 16.5. The van der Waals surface area contributed by atoms with E-state index in [1.165, 1.54) is 7.11 Å². The normalized spacial score (nSPS) is 13.0. The van der Waals surface area contributed by atoms with Gasteiger partial charge in [0, 0.05) is 28.6 Å². The van der Waals surface area contributed by atoms with E-state index in [1.807, 2.05) is 18.2 Å². The zero-order valence-corrected chi connectivity index (χ0v) is 20.5. The van der Waals surface area contributed by atoms with Crippen LogP contribution in [0.15, 0.2) is 66.9 Å². The molecule has 174 valence electrons. The van der Waals surface area contributed by atoms with Crippen molar-refractivity contribution in [2.24, 2.45) is 5.92 Å². The van der Waals surface area contributed by atoms with E-state index in [-0.39, 0.29) is 17.3 Å². The molecule has 6 nitrogen and oxygen atoms in total. The molecule has 1 aromatic carbocycles. The summed E-state index contributed by atoms with van der Waals surface area (Å²) in [6.45, 7) is 10.7. The molecule has 0 aliphatic heterocycles. The summed E-state index contributed by atoms with van der Waals surface area (Å²) in [6.07, 6.45) is 1.58. The number of nitrogens with zero attached hydrogens (tertiary/aromatic N) is 4. The molecule has 0 aliphatic carbocycles. The monoisotopic (exact) mass is 454 g/mol. The van der Waals surface area contributed by atoms with Crippen molar-refractivity contribution >= 4 is 5.97 Å². The lowest BCUT2D eigenvalue weighted by molar-refractivity contribution is 0.0600. The van der Waals surface area contributed by atoms with Gasteiger partial charge in [-0.05, 0) is 68.7 Å². The SMILES string of the molecule is COC(=O)c1ccc(C(C)(c2ccc(-c3ccc(-n4c(C)ccc4C)nn3)cc2)C(C)C)nc1. The summed E-state index contributed by atoms with van der Waals surface area (Å²) < 4.78 is 6.89. The first kappa shape index (κ1) is 23.4. The fourth-order valence-electron chi connectivity index (χ4n) is 4.33. The van der Waals surface area contributed by atoms with E-state index in [0.29, 0.717) is 5.56 Å². The molecule has 0 aliphatic rings. The van der Waals surface area contributed by atoms with Crippen molar-refractivity contribution < 1.29 is 9.53 Å². The van der Waals surface area contributed by atoms with Crippen LogP contribution >= 0.6 is 0 Å². The van der Waals surface area contributed by atoms with Crippen molar-refractivity contribution in [2.45, 2.75) is 40.0 Å². The lowest BCUT2D eigenvalue weighted by atomic mass is 9.70.